The van der Waals surface area contributed by atoms with Crippen LogP contribution in [0.3, 0.4) is 0 Å². The summed E-state index contributed by atoms with van der Waals surface area (Å²) in [5, 5.41) is 0.610. The van der Waals surface area contributed by atoms with Gasteiger partial charge in [-0.3, -0.25) is 4.79 Å². The topological polar surface area (TPSA) is 80.5 Å². The van der Waals surface area contributed by atoms with Gasteiger partial charge in [-0.2, -0.15) is 0 Å². The van der Waals surface area contributed by atoms with Crippen LogP contribution >= 0.6 is 0 Å². The Labute approximate surface area is 110 Å². The molecule has 0 unspecified atom stereocenters. The highest BCUT2D eigenvalue weighted by molar-refractivity contribution is 7.98. The van der Waals surface area contributed by atoms with E-state index in [0.717, 1.165) is 23.1 Å². The molecule has 2 aliphatic heterocycles. The molecule has 0 bridgehead atoms. The molecule has 0 spiro atoms. The third-order valence-electron chi connectivity index (χ3n) is 3.35. The van der Waals surface area contributed by atoms with Crippen molar-refractivity contribution in [1.29, 1.82) is 0 Å². The lowest BCUT2D eigenvalue weighted by Crippen LogP contribution is -2.31. The Hall–Kier alpha value is -2.08. The first-order valence-electron chi connectivity index (χ1n) is 5.83. The van der Waals surface area contributed by atoms with Crippen molar-refractivity contribution in [2.75, 3.05) is 11.4 Å². The fraction of sp³-hybridized carbons (Fsp3) is 0.154. The Bertz CT molecular complexity index is 732. The quantitative estimate of drug-likeness (QED) is 0.818. The monoisotopic (exact) mass is 276 g/mol. The summed E-state index contributed by atoms with van der Waals surface area (Å²) >= 11 is 0. The van der Waals surface area contributed by atoms with Crippen LogP contribution in [0.5, 0.6) is 0 Å². The predicted octanol–water partition coefficient (Wildman–Crippen LogP) is 0.688. The van der Waals surface area contributed by atoms with Crippen LogP contribution in [-0.4, -0.2) is 20.9 Å². The average molecular weight is 276 g/mol. The Morgan fingerprint density at radius 3 is 2.68 bits per heavy atom. The zero-order valence-electron chi connectivity index (χ0n) is 10.0. The molecule has 0 atom stereocenters. The number of carbonyl (C=O) groups is 1. The Balaban J connectivity index is 2.01. The highest BCUT2D eigenvalue weighted by Gasteiger charge is 2.32. The van der Waals surface area contributed by atoms with Crippen molar-refractivity contribution >= 4 is 21.4 Å². The molecule has 98 valence electrons. The number of benzene rings is 1. The summed E-state index contributed by atoms with van der Waals surface area (Å²) in [5.41, 5.74) is 7.49. The minimum absolute atomic E-state index is 0.0525. The molecule has 5 nitrogen and oxygen atoms in total. The van der Waals surface area contributed by atoms with Crippen molar-refractivity contribution in [3.63, 3.8) is 0 Å². The van der Waals surface area contributed by atoms with E-state index in [1.807, 2.05) is 24.3 Å². The maximum Gasteiger partial charge on any atom is 0.261 e. The van der Waals surface area contributed by atoms with Crippen LogP contribution in [-0.2, 0) is 21.1 Å². The zero-order chi connectivity index (χ0) is 13.6. The van der Waals surface area contributed by atoms with Gasteiger partial charge in [0.1, 0.15) is 5.03 Å². The summed E-state index contributed by atoms with van der Waals surface area (Å²) < 4.78 is 23.0. The van der Waals surface area contributed by atoms with Crippen LogP contribution in [0.15, 0.2) is 46.4 Å². The minimum Gasteiger partial charge on any atom is -0.389 e. The van der Waals surface area contributed by atoms with Gasteiger partial charge in [0.2, 0.25) is 9.84 Å². The second-order valence-corrected chi connectivity index (χ2v) is 6.26. The molecule has 1 amide bonds. The number of hydrogen-bond acceptors (Lipinski definition) is 4. The number of fused-ring (bicyclic) bond motifs is 1. The SMILES string of the molecule is NC1=C(C(=O)N2CCc3ccccc32)C=CS1(=O)=O. The third-order valence-corrected chi connectivity index (χ3v) is 4.68. The van der Waals surface area contributed by atoms with Gasteiger partial charge < -0.3 is 10.6 Å². The second-order valence-electron chi connectivity index (χ2n) is 4.46. The molecule has 2 aliphatic rings. The van der Waals surface area contributed by atoms with Crippen molar-refractivity contribution < 1.29 is 13.2 Å². The lowest BCUT2D eigenvalue weighted by atomic mass is 10.2. The lowest BCUT2D eigenvalue weighted by molar-refractivity contribution is -0.114. The lowest BCUT2D eigenvalue weighted by Gasteiger charge is -2.17. The Kier molecular flexibility index (Phi) is 2.50. The van der Waals surface area contributed by atoms with Crippen LogP contribution in [0.25, 0.3) is 0 Å². The van der Waals surface area contributed by atoms with E-state index in [9.17, 15) is 13.2 Å². The zero-order valence-corrected chi connectivity index (χ0v) is 10.9. The summed E-state index contributed by atoms with van der Waals surface area (Å²) in [6.45, 7) is 0.544. The van der Waals surface area contributed by atoms with Gasteiger partial charge in [0.05, 0.1) is 5.57 Å². The highest BCUT2D eigenvalue weighted by atomic mass is 32.2. The fourth-order valence-corrected chi connectivity index (χ4v) is 3.26. The van der Waals surface area contributed by atoms with Gasteiger partial charge in [-0.1, -0.05) is 18.2 Å². The van der Waals surface area contributed by atoms with E-state index in [4.69, 9.17) is 5.73 Å². The van der Waals surface area contributed by atoms with Crippen LogP contribution in [0.2, 0.25) is 0 Å². The molecule has 1 aromatic carbocycles. The van der Waals surface area contributed by atoms with Crippen molar-refractivity contribution in [2.24, 2.45) is 5.73 Å². The van der Waals surface area contributed by atoms with Gasteiger partial charge in [-0.05, 0) is 24.1 Å². The molecule has 0 aromatic heterocycles. The molecule has 2 heterocycles. The molecule has 0 fully saturated rings. The average Bonchev–Trinajstić information content (AvgIpc) is 2.92. The van der Waals surface area contributed by atoms with E-state index in [2.05, 4.69) is 0 Å². The summed E-state index contributed by atoms with van der Waals surface area (Å²) in [5.74, 6) is -0.361. The van der Waals surface area contributed by atoms with E-state index in [1.54, 1.807) is 4.90 Å². The number of rotatable bonds is 1. The molecular weight excluding hydrogens is 264 g/mol. The summed E-state index contributed by atoms with van der Waals surface area (Å²) in [4.78, 5) is 14.0. The van der Waals surface area contributed by atoms with Gasteiger partial charge in [0.25, 0.3) is 5.91 Å². The standard InChI is InChI=1S/C13H12N2O3S/c14-12-10(6-8-19(12,17)18)13(16)15-7-5-9-3-1-2-4-11(9)15/h1-4,6,8H,5,7,14H2. The second kappa shape index (κ2) is 3.96. The molecule has 2 N–H and O–H groups in total. The number of para-hydroxylation sites is 1. The van der Waals surface area contributed by atoms with Gasteiger partial charge in [-0.15, -0.1) is 0 Å². The van der Waals surface area contributed by atoms with E-state index in [0.29, 0.717) is 6.54 Å². The van der Waals surface area contributed by atoms with E-state index >= 15 is 0 Å². The van der Waals surface area contributed by atoms with Gasteiger partial charge >= 0.3 is 0 Å². The molecule has 1 aromatic rings. The van der Waals surface area contributed by atoms with Gasteiger partial charge in [-0.25, -0.2) is 8.42 Å². The summed E-state index contributed by atoms with van der Waals surface area (Å²) in [6.07, 6.45) is 2.04. The Morgan fingerprint density at radius 1 is 1.26 bits per heavy atom. The highest BCUT2D eigenvalue weighted by Crippen LogP contribution is 2.30. The molecule has 3 rings (SSSR count). The maximum absolute atomic E-state index is 12.4. The van der Waals surface area contributed by atoms with Crippen LogP contribution in [0.1, 0.15) is 5.56 Å². The maximum atomic E-state index is 12.4. The number of sulfone groups is 1. The molecule has 0 saturated heterocycles. The molecule has 6 heteroatoms. The van der Waals surface area contributed by atoms with Crippen molar-refractivity contribution in [2.45, 2.75) is 6.42 Å². The first kappa shape index (κ1) is 12.0. The Morgan fingerprint density at radius 2 is 2.00 bits per heavy atom. The normalized spacial score (nSPS) is 19.9. The molecular formula is C13H12N2O3S. The van der Waals surface area contributed by atoms with Gasteiger partial charge in [0.15, 0.2) is 0 Å². The van der Waals surface area contributed by atoms with Crippen molar-refractivity contribution in [3.05, 3.63) is 51.9 Å². The van der Waals surface area contributed by atoms with Crippen molar-refractivity contribution in [3.8, 4) is 0 Å². The largest absolute Gasteiger partial charge is 0.389 e. The van der Waals surface area contributed by atoms with Crippen LogP contribution < -0.4 is 10.6 Å². The molecule has 0 saturated carbocycles. The van der Waals surface area contributed by atoms with E-state index in [1.165, 1.54) is 6.08 Å². The van der Waals surface area contributed by atoms with Crippen LogP contribution in [0.4, 0.5) is 5.69 Å². The fourth-order valence-electron chi connectivity index (χ4n) is 2.34. The van der Waals surface area contributed by atoms with Crippen LogP contribution in [0, 0.1) is 0 Å². The third kappa shape index (κ3) is 1.76. The number of carbonyl (C=O) groups excluding carboxylic acids is 1. The van der Waals surface area contributed by atoms with Crippen molar-refractivity contribution in [1.82, 2.24) is 0 Å². The summed E-state index contributed by atoms with van der Waals surface area (Å²) in [6, 6.07) is 7.58. The first-order chi connectivity index (χ1) is 9.00. The number of hydrogen-bond donors (Lipinski definition) is 1. The smallest absolute Gasteiger partial charge is 0.261 e. The molecule has 0 aliphatic carbocycles. The first-order valence-corrected chi connectivity index (χ1v) is 7.38. The molecule has 0 radical (unpaired) electrons. The minimum atomic E-state index is -3.60. The summed E-state index contributed by atoms with van der Waals surface area (Å²) in [7, 11) is -3.60. The molecule has 19 heavy (non-hydrogen) atoms. The number of nitrogens with zero attached hydrogens (tertiary/aromatic N) is 1. The number of amides is 1. The van der Waals surface area contributed by atoms with E-state index < -0.39 is 9.84 Å². The number of nitrogens with two attached hydrogens (primary N) is 1. The number of anilines is 1. The van der Waals surface area contributed by atoms with E-state index in [-0.39, 0.29) is 16.5 Å². The predicted molar refractivity (Wildman–Crippen MR) is 71.8 cm³/mol. The van der Waals surface area contributed by atoms with Gasteiger partial charge in [0, 0.05) is 17.6 Å².